The monoisotopic (exact) mass is 522 g/mol. The lowest BCUT2D eigenvalue weighted by Crippen LogP contribution is -2.50. The maximum absolute atomic E-state index is 14.5. The van der Waals surface area contributed by atoms with E-state index in [1.807, 2.05) is 0 Å². The van der Waals surface area contributed by atoms with Crippen LogP contribution in [0.25, 0.3) is 11.3 Å². The third kappa shape index (κ3) is 4.09. The molecule has 1 spiro atoms. The maximum Gasteiger partial charge on any atom is 0.254 e. The highest BCUT2D eigenvalue weighted by Gasteiger charge is 2.70. The molecule has 1 atom stereocenters. The third-order valence-corrected chi connectivity index (χ3v) is 10.1. The number of likely N-dealkylation sites (N-methyl/N-ethyl adjacent to an activating group) is 1. The quantitative estimate of drug-likeness (QED) is 0.589. The minimum atomic E-state index is -4.18. The van der Waals surface area contributed by atoms with E-state index < -0.39 is 33.4 Å². The van der Waals surface area contributed by atoms with Gasteiger partial charge in [0.25, 0.3) is 5.92 Å². The lowest BCUT2D eigenvalue weighted by molar-refractivity contribution is -0.136. The standard InChI is InChI=1S/C25H29F3N4O3S/c1-16-5-6-20(18(14-16)21-22(26)30-12-11-29-21)36(34,35)32-13-3-4-19(32)23(33)31(2)17-7-9-24(10-8-17)15-25(24,27)28/h5-6,11-12,14,17,19H,3-4,7-10,13,15H2,1-2H3/t17?,19-,24?/m0/s1. The van der Waals surface area contributed by atoms with Crippen molar-refractivity contribution in [2.75, 3.05) is 13.6 Å². The zero-order valence-corrected chi connectivity index (χ0v) is 21.1. The number of benzene rings is 1. The van der Waals surface area contributed by atoms with Crippen LogP contribution in [-0.2, 0) is 14.8 Å². The lowest BCUT2D eigenvalue weighted by Gasteiger charge is -2.37. The summed E-state index contributed by atoms with van der Waals surface area (Å²) in [4.78, 5) is 22.5. The van der Waals surface area contributed by atoms with E-state index in [2.05, 4.69) is 9.97 Å². The number of hydrogen-bond acceptors (Lipinski definition) is 5. The second-order valence-electron chi connectivity index (χ2n) is 10.3. The van der Waals surface area contributed by atoms with E-state index in [9.17, 15) is 26.4 Å². The highest BCUT2D eigenvalue weighted by Crippen LogP contribution is 2.67. The van der Waals surface area contributed by atoms with E-state index in [4.69, 9.17) is 0 Å². The number of nitrogens with zero attached hydrogens (tertiary/aromatic N) is 4. The van der Waals surface area contributed by atoms with Crippen LogP contribution in [0.15, 0.2) is 35.5 Å². The van der Waals surface area contributed by atoms with Crippen LogP contribution in [0.4, 0.5) is 13.2 Å². The van der Waals surface area contributed by atoms with Crippen molar-refractivity contribution in [1.29, 1.82) is 0 Å². The molecule has 194 valence electrons. The Morgan fingerprint density at radius 3 is 2.44 bits per heavy atom. The first-order chi connectivity index (χ1) is 17.0. The highest BCUT2D eigenvalue weighted by molar-refractivity contribution is 7.89. The molecule has 0 radical (unpaired) electrons. The van der Waals surface area contributed by atoms with Gasteiger partial charge in [0.2, 0.25) is 21.9 Å². The fourth-order valence-corrected chi connectivity index (χ4v) is 7.66. The van der Waals surface area contributed by atoms with E-state index in [0.717, 1.165) is 5.56 Å². The Balaban J connectivity index is 1.39. The number of alkyl halides is 2. The molecule has 1 amide bonds. The zero-order chi connectivity index (χ0) is 25.9. The molecular weight excluding hydrogens is 493 g/mol. The number of aryl methyl sites for hydroxylation is 1. The Labute approximate surface area is 208 Å². The van der Waals surface area contributed by atoms with Crippen molar-refractivity contribution in [1.82, 2.24) is 19.2 Å². The van der Waals surface area contributed by atoms with Crippen LogP contribution >= 0.6 is 0 Å². The summed E-state index contributed by atoms with van der Waals surface area (Å²) in [6.07, 6.45) is 4.95. The van der Waals surface area contributed by atoms with Gasteiger partial charge in [0, 0.05) is 49.4 Å². The number of aromatic nitrogens is 2. The summed E-state index contributed by atoms with van der Waals surface area (Å²) in [5, 5.41) is 0. The number of hydrogen-bond donors (Lipinski definition) is 0. The van der Waals surface area contributed by atoms with Gasteiger partial charge in [-0.05, 0) is 57.6 Å². The van der Waals surface area contributed by atoms with E-state index >= 15 is 0 Å². The molecule has 36 heavy (non-hydrogen) atoms. The van der Waals surface area contributed by atoms with E-state index in [1.54, 1.807) is 31.0 Å². The molecule has 2 aromatic rings. The average molecular weight is 523 g/mol. The molecule has 1 aromatic carbocycles. The SMILES string of the molecule is Cc1ccc(S(=O)(=O)N2CCC[C@H]2C(=O)N(C)C2CCC3(CC2)CC3(F)F)c(-c2nccnc2F)c1. The normalized spacial score (nSPS) is 27.8. The summed E-state index contributed by atoms with van der Waals surface area (Å²) >= 11 is 0. The van der Waals surface area contributed by atoms with Crippen molar-refractivity contribution < 1.29 is 26.4 Å². The van der Waals surface area contributed by atoms with Crippen molar-refractivity contribution in [2.45, 2.75) is 74.8 Å². The fourth-order valence-electron chi connectivity index (χ4n) is 5.84. The van der Waals surface area contributed by atoms with Crippen molar-refractivity contribution in [3.8, 4) is 11.3 Å². The van der Waals surface area contributed by atoms with Gasteiger partial charge in [-0.1, -0.05) is 11.6 Å². The molecule has 2 saturated carbocycles. The van der Waals surface area contributed by atoms with Crippen molar-refractivity contribution >= 4 is 15.9 Å². The summed E-state index contributed by atoms with van der Waals surface area (Å²) in [5.74, 6) is -3.82. The molecule has 1 aromatic heterocycles. The summed E-state index contributed by atoms with van der Waals surface area (Å²) in [5.41, 5.74) is -0.269. The van der Waals surface area contributed by atoms with Gasteiger partial charge in [0.05, 0.1) is 4.90 Å². The molecule has 3 aliphatic rings. The highest BCUT2D eigenvalue weighted by atomic mass is 32.2. The van der Waals surface area contributed by atoms with Gasteiger partial charge < -0.3 is 4.90 Å². The van der Waals surface area contributed by atoms with Crippen molar-refractivity contribution in [3.63, 3.8) is 0 Å². The number of sulfonamides is 1. The Morgan fingerprint density at radius 2 is 1.81 bits per heavy atom. The van der Waals surface area contributed by atoms with Gasteiger partial charge in [0.1, 0.15) is 11.7 Å². The molecule has 0 unspecified atom stereocenters. The minimum Gasteiger partial charge on any atom is -0.341 e. The molecule has 1 aliphatic heterocycles. The molecule has 1 saturated heterocycles. The zero-order valence-electron chi connectivity index (χ0n) is 20.3. The van der Waals surface area contributed by atoms with Crippen LogP contribution < -0.4 is 0 Å². The second kappa shape index (κ2) is 8.79. The third-order valence-electron chi connectivity index (χ3n) is 8.14. The van der Waals surface area contributed by atoms with Gasteiger partial charge in [0.15, 0.2) is 0 Å². The number of carbonyl (C=O) groups is 1. The van der Waals surface area contributed by atoms with Gasteiger partial charge >= 0.3 is 0 Å². The summed E-state index contributed by atoms with van der Waals surface area (Å²) < 4.78 is 70.9. The molecule has 2 heterocycles. The average Bonchev–Trinajstić information content (AvgIpc) is 3.16. The first-order valence-electron chi connectivity index (χ1n) is 12.2. The molecular formula is C25H29F3N4O3S. The van der Waals surface area contributed by atoms with Gasteiger partial charge in [-0.25, -0.2) is 27.2 Å². The second-order valence-corrected chi connectivity index (χ2v) is 12.2. The van der Waals surface area contributed by atoms with Crippen LogP contribution in [-0.4, -0.2) is 65.1 Å². The molecule has 11 heteroatoms. The molecule has 3 fully saturated rings. The van der Waals surface area contributed by atoms with E-state index in [0.29, 0.717) is 38.5 Å². The maximum atomic E-state index is 14.5. The molecule has 5 rings (SSSR count). The van der Waals surface area contributed by atoms with Crippen LogP contribution in [0.1, 0.15) is 50.5 Å². The van der Waals surface area contributed by atoms with Crippen LogP contribution in [0.5, 0.6) is 0 Å². The van der Waals surface area contributed by atoms with Gasteiger partial charge in [-0.3, -0.25) is 4.79 Å². The lowest BCUT2D eigenvalue weighted by atomic mass is 9.82. The molecule has 0 bridgehead atoms. The Bertz CT molecular complexity index is 1300. The first-order valence-corrected chi connectivity index (χ1v) is 13.6. The number of rotatable bonds is 5. The summed E-state index contributed by atoms with van der Waals surface area (Å²) in [6.45, 7) is 1.92. The van der Waals surface area contributed by atoms with Crippen LogP contribution in [0, 0.1) is 18.3 Å². The minimum absolute atomic E-state index is 0.0791. The number of carbonyl (C=O) groups excluding carboxylic acids is 1. The Morgan fingerprint density at radius 1 is 1.14 bits per heavy atom. The molecule has 0 N–H and O–H groups in total. The van der Waals surface area contributed by atoms with Gasteiger partial charge in [-0.15, -0.1) is 0 Å². The predicted octanol–water partition coefficient (Wildman–Crippen LogP) is 4.17. The first kappa shape index (κ1) is 25.1. The van der Waals surface area contributed by atoms with E-state index in [-0.39, 0.29) is 41.1 Å². The van der Waals surface area contributed by atoms with Crippen molar-refractivity contribution in [2.24, 2.45) is 5.41 Å². The van der Waals surface area contributed by atoms with Crippen molar-refractivity contribution in [3.05, 3.63) is 42.1 Å². The van der Waals surface area contributed by atoms with Gasteiger partial charge in [-0.2, -0.15) is 8.70 Å². The smallest absolute Gasteiger partial charge is 0.254 e. The Hall–Kier alpha value is -2.53. The van der Waals surface area contributed by atoms with E-state index in [1.165, 1.54) is 22.8 Å². The summed E-state index contributed by atoms with van der Waals surface area (Å²) in [6, 6.07) is 3.47. The van der Waals surface area contributed by atoms with Crippen LogP contribution in [0.3, 0.4) is 0 Å². The fraction of sp³-hybridized carbons (Fsp3) is 0.560. The Kier molecular flexibility index (Phi) is 6.14. The predicted molar refractivity (Wildman–Crippen MR) is 126 cm³/mol. The molecule has 2 aliphatic carbocycles. The summed E-state index contributed by atoms with van der Waals surface area (Å²) in [7, 11) is -2.55. The number of amides is 1. The topological polar surface area (TPSA) is 83.5 Å². The molecule has 7 nitrogen and oxygen atoms in total. The number of halogens is 3. The van der Waals surface area contributed by atoms with Crippen LogP contribution in [0.2, 0.25) is 0 Å². The largest absolute Gasteiger partial charge is 0.341 e.